The average molecular weight is 291 g/mol. The van der Waals surface area contributed by atoms with Crippen molar-refractivity contribution < 1.29 is 22.3 Å². The molecule has 2 unspecified atom stereocenters. The van der Waals surface area contributed by atoms with Crippen LogP contribution >= 0.6 is 0 Å². The van der Waals surface area contributed by atoms with Gasteiger partial charge in [0.2, 0.25) is 0 Å². The highest BCUT2D eigenvalue weighted by Crippen LogP contribution is 2.45. The Morgan fingerprint density at radius 3 is 2.60 bits per heavy atom. The summed E-state index contributed by atoms with van der Waals surface area (Å²) in [5.74, 6) is -1.98. The largest absolute Gasteiger partial charge is 0.494 e. The van der Waals surface area contributed by atoms with E-state index in [4.69, 9.17) is 10.5 Å². The Bertz CT molecular complexity index is 489. The number of halogens is 4. The van der Waals surface area contributed by atoms with Crippen molar-refractivity contribution in [3.63, 3.8) is 0 Å². The van der Waals surface area contributed by atoms with Gasteiger partial charge in [0.05, 0.1) is 13.0 Å². The van der Waals surface area contributed by atoms with Gasteiger partial charge in [0, 0.05) is 5.54 Å². The third-order valence-corrected chi connectivity index (χ3v) is 3.98. The molecule has 1 aromatic carbocycles. The van der Waals surface area contributed by atoms with Crippen molar-refractivity contribution in [1.29, 1.82) is 0 Å². The van der Waals surface area contributed by atoms with Crippen molar-refractivity contribution in [1.82, 2.24) is 0 Å². The first-order valence-electron chi connectivity index (χ1n) is 6.46. The smallest absolute Gasteiger partial charge is 0.391 e. The number of rotatable bonds is 2. The van der Waals surface area contributed by atoms with Crippen molar-refractivity contribution in [3.8, 4) is 5.75 Å². The molecule has 0 spiro atoms. The van der Waals surface area contributed by atoms with Crippen LogP contribution in [0.25, 0.3) is 0 Å². The van der Waals surface area contributed by atoms with Crippen molar-refractivity contribution in [3.05, 3.63) is 29.6 Å². The summed E-state index contributed by atoms with van der Waals surface area (Å²) in [5, 5.41) is 0. The van der Waals surface area contributed by atoms with E-state index in [9.17, 15) is 17.6 Å². The molecule has 1 saturated carbocycles. The Balaban J connectivity index is 2.28. The molecule has 0 aliphatic heterocycles. The molecule has 2 atom stereocenters. The number of methoxy groups -OCH3 is 1. The molecule has 0 saturated heterocycles. The molecule has 1 aliphatic carbocycles. The van der Waals surface area contributed by atoms with Gasteiger partial charge >= 0.3 is 6.18 Å². The Labute approximate surface area is 114 Å². The zero-order chi connectivity index (χ0) is 15.0. The lowest BCUT2D eigenvalue weighted by atomic mass is 9.72. The highest BCUT2D eigenvalue weighted by atomic mass is 19.4. The zero-order valence-electron chi connectivity index (χ0n) is 11.1. The van der Waals surface area contributed by atoms with Crippen LogP contribution in [0.1, 0.15) is 31.2 Å². The van der Waals surface area contributed by atoms with Crippen LogP contribution in [-0.4, -0.2) is 13.3 Å². The molecule has 1 aromatic rings. The summed E-state index contributed by atoms with van der Waals surface area (Å²) in [6, 6.07) is 4.12. The van der Waals surface area contributed by atoms with Gasteiger partial charge in [0.25, 0.3) is 0 Å². The predicted octanol–water partition coefficient (Wildman–Crippen LogP) is 3.74. The first-order chi connectivity index (χ1) is 9.26. The van der Waals surface area contributed by atoms with Crippen LogP contribution in [0, 0.1) is 11.7 Å². The molecule has 0 aromatic heterocycles. The molecular formula is C14H17F4NO. The Hall–Kier alpha value is -1.30. The summed E-state index contributed by atoms with van der Waals surface area (Å²) < 4.78 is 57.0. The first kappa shape index (κ1) is 15.1. The fourth-order valence-corrected chi connectivity index (χ4v) is 2.83. The lowest BCUT2D eigenvalue weighted by Crippen LogP contribution is -2.44. The Kier molecular flexibility index (Phi) is 3.95. The van der Waals surface area contributed by atoms with E-state index >= 15 is 0 Å². The number of nitrogens with two attached hydrogens (primary N) is 1. The van der Waals surface area contributed by atoms with E-state index in [1.54, 1.807) is 6.07 Å². The third-order valence-electron chi connectivity index (χ3n) is 3.98. The normalized spacial score (nSPS) is 27.4. The maximum atomic E-state index is 13.7. The van der Waals surface area contributed by atoms with Gasteiger partial charge in [-0.2, -0.15) is 13.2 Å². The molecule has 20 heavy (non-hydrogen) atoms. The standard InChI is InChI=1S/C14H17F4NO/c1-20-12-5-4-9(7-11(12)15)13(19)6-2-3-10(8-13)14(16,17)18/h4-5,7,10H,2-3,6,8,19H2,1H3. The molecule has 2 N–H and O–H groups in total. The lowest BCUT2D eigenvalue weighted by molar-refractivity contribution is -0.187. The number of hydrogen-bond donors (Lipinski definition) is 1. The minimum Gasteiger partial charge on any atom is -0.494 e. The van der Waals surface area contributed by atoms with Crippen LogP contribution in [0.5, 0.6) is 5.75 Å². The van der Waals surface area contributed by atoms with Gasteiger partial charge in [-0.25, -0.2) is 4.39 Å². The minimum absolute atomic E-state index is 0.0560. The Morgan fingerprint density at radius 1 is 1.35 bits per heavy atom. The van der Waals surface area contributed by atoms with Gasteiger partial charge in [-0.05, 0) is 37.0 Å². The number of ether oxygens (including phenoxy) is 1. The average Bonchev–Trinajstić information content (AvgIpc) is 2.37. The second-order valence-corrected chi connectivity index (χ2v) is 5.34. The minimum atomic E-state index is -4.25. The van der Waals surface area contributed by atoms with Crippen molar-refractivity contribution in [2.45, 2.75) is 37.4 Å². The fraction of sp³-hybridized carbons (Fsp3) is 0.571. The van der Waals surface area contributed by atoms with E-state index in [0.29, 0.717) is 18.4 Å². The maximum Gasteiger partial charge on any atom is 0.391 e. The highest BCUT2D eigenvalue weighted by Gasteiger charge is 2.46. The van der Waals surface area contributed by atoms with Crippen LogP contribution in [0.15, 0.2) is 18.2 Å². The molecule has 0 bridgehead atoms. The molecule has 2 nitrogen and oxygen atoms in total. The van der Waals surface area contributed by atoms with E-state index in [0.717, 1.165) is 0 Å². The van der Waals surface area contributed by atoms with E-state index < -0.39 is 23.5 Å². The highest BCUT2D eigenvalue weighted by molar-refractivity contribution is 5.33. The molecule has 0 amide bonds. The molecule has 0 radical (unpaired) electrons. The Morgan fingerprint density at radius 2 is 2.05 bits per heavy atom. The van der Waals surface area contributed by atoms with Gasteiger partial charge < -0.3 is 10.5 Å². The van der Waals surface area contributed by atoms with Crippen molar-refractivity contribution in [2.75, 3.05) is 7.11 Å². The maximum absolute atomic E-state index is 13.7. The van der Waals surface area contributed by atoms with Crippen LogP contribution in [0.3, 0.4) is 0 Å². The molecule has 6 heteroatoms. The fourth-order valence-electron chi connectivity index (χ4n) is 2.83. The van der Waals surface area contributed by atoms with Crippen molar-refractivity contribution in [2.24, 2.45) is 11.7 Å². The summed E-state index contributed by atoms with van der Waals surface area (Å²) in [4.78, 5) is 0. The third kappa shape index (κ3) is 2.90. The summed E-state index contributed by atoms with van der Waals surface area (Å²) in [6.07, 6.45) is -3.57. The molecule has 0 heterocycles. The molecule has 1 aliphatic rings. The van der Waals surface area contributed by atoms with Crippen molar-refractivity contribution >= 4 is 0 Å². The number of hydrogen-bond acceptors (Lipinski definition) is 2. The molecule has 2 rings (SSSR count). The zero-order valence-corrected chi connectivity index (χ0v) is 11.1. The second-order valence-electron chi connectivity index (χ2n) is 5.34. The van der Waals surface area contributed by atoms with Gasteiger partial charge in [0.1, 0.15) is 0 Å². The summed E-state index contributed by atoms with van der Waals surface area (Å²) in [6.45, 7) is 0. The topological polar surface area (TPSA) is 35.2 Å². The first-order valence-corrected chi connectivity index (χ1v) is 6.46. The number of benzene rings is 1. The summed E-state index contributed by atoms with van der Waals surface area (Å²) >= 11 is 0. The number of alkyl halides is 3. The van der Waals surface area contributed by atoms with Crippen LogP contribution in [0.4, 0.5) is 17.6 Å². The van der Waals surface area contributed by atoms with Crippen LogP contribution in [-0.2, 0) is 5.54 Å². The predicted molar refractivity (Wildman–Crippen MR) is 66.8 cm³/mol. The summed E-state index contributed by atoms with van der Waals surface area (Å²) in [7, 11) is 1.33. The van der Waals surface area contributed by atoms with Gasteiger partial charge in [-0.15, -0.1) is 0 Å². The quantitative estimate of drug-likeness (QED) is 0.842. The van der Waals surface area contributed by atoms with E-state index in [2.05, 4.69) is 0 Å². The van der Waals surface area contributed by atoms with Gasteiger partial charge in [-0.3, -0.25) is 0 Å². The SMILES string of the molecule is COc1ccc(C2(N)CCCC(C(F)(F)F)C2)cc1F. The molecule has 1 fully saturated rings. The van der Waals surface area contributed by atoms with E-state index in [1.165, 1.54) is 19.2 Å². The molecular weight excluding hydrogens is 274 g/mol. The second kappa shape index (κ2) is 5.24. The lowest BCUT2D eigenvalue weighted by Gasteiger charge is -2.39. The van der Waals surface area contributed by atoms with Gasteiger partial charge in [0.15, 0.2) is 11.6 Å². The van der Waals surface area contributed by atoms with Crippen LogP contribution in [0.2, 0.25) is 0 Å². The van der Waals surface area contributed by atoms with E-state index in [1.807, 2.05) is 0 Å². The summed E-state index contributed by atoms with van der Waals surface area (Å²) in [5.41, 5.74) is 5.38. The monoisotopic (exact) mass is 291 g/mol. The van der Waals surface area contributed by atoms with Gasteiger partial charge in [-0.1, -0.05) is 12.5 Å². The van der Waals surface area contributed by atoms with Crippen LogP contribution < -0.4 is 10.5 Å². The molecule has 112 valence electrons. The van der Waals surface area contributed by atoms with E-state index in [-0.39, 0.29) is 18.6 Å².